The molecule has 0 fully saturated rings. The minimum absolute atomic E-state index is 0.241. The molecule has 0 bridgehead atoms. The average molecular weight is 307 g/mol. The van der Waals surface area contributed by atoms with Crippen LogP contribution in [-0.2, 0) is 4.79 Å². The molecule has 0 atom stereocenters. The number of carboxylic acids is 1. The minimum atomic E-state index is -1.05. The summed E-state index contributed by atoms with van der Waals surface area (Å²) in [5.74, 6) is -1.02. The fraction of sp³-hybridized carbons (Fsp3) is 0.0714. The summed E-state index contributed by atoms with van der Waals surface area (Å²) in [6.45, 7) is -0.416. The Morgan fingerprint density at radius 3 is 2.48 bits per heavy atom. The molecule has 0 aliphatic heterocycles. The fourth-order valence-electron chi connectivity index (χ4n) is 1.48. The van der Waals surface area contributed by atoms with Crippen LogP contribution in [0.1, 0.15) is 10.5 Å². The van der Waals surface area contributed by atoms with E-state index in [1.165, 1.54) is 12.3 Å². The van der Waals surface area contributed by atoms with Crippen molar-refractivity contribution in [1.82, 2.24) is 4.98 Å². The second-order valence-electron chi connectivity index (χ2n) is 4.02. The number of carbonyl (C=O) groups is 2. The van der Waals surface area contributed by atoms with Crippen molar-refractivity contribution in [3.05, 3.63) is 53.3 Å². The Bertz CT molecular complexity index is 641. The van der Waals surface area contributed by atoms with Gasteiger partial charge in [-0.1, -0.05) is 11.6 Å². The highest BCUT2D eigenvalue weighted by molar-refractivity contribution is 6.30. The molecule has 0 spiro atoms. The molecule has 0 aliphatic rings. The number of ether oxygens (including phenoxy) is 1. The molecule has 1 aromatic heterocycles. The summed E-state index contributed by atoms with van der Waals surface area (Å²) in [4.78, 5) is 26.2. The molecule has 0 unspecified atom stereocenters. The van der Waals surface area contributed by atoms with Gasteiger partial charge in [0.1, 0.15) is 11.4 Å². The quantitative estimate of drug-likeness (QED) is 0.885. The van der Waals surface area contributed by atoms with E-state index in [0.717, 1.165) is 0 Å². The third-order valence-electron chi connectivity index (χ3n) is 2.43. The molecule has 0 aliphatic carbocycles. The van der Waals surface area contributed by atoms with E-state index in [2.05, 4.69) is 10.3 Å². The summed E-state index contributed by atoms with van der Waals surface area (Å²) >= 11 is 5.70. The zero-order chi connectivity index (χ0) is 15.2. The first-order valence-corrected chi connectivity index (χ1v) is 6.30. The van der Waals surface area contributed by atoms with Crippen LogP contribution in [0.3, 0.4) is 0 Å². The van der Waals surface area contributed by atoms with Crippen LogP contribution in [0.2, 0.25) is 5.02 Å². The highest BCUT2D eigenvalue weighted by Crippen LogP contribution is 2.16. The summed E-state index contributed by atoms with van der Waals surface area (Å²) in [5, 5.41) is 11.6. The molecule has 7 heteroatoms. The monoisotopic (exact) mass is 306 g/mol. The average Bonchev–Trinajstić information content (AvgIpc) is 2.47. The number of rotatable bonds is 5. The van der Waals surface area contributed by atoms with Crippen LogP contribution in [-0.4, -0.2) is 28.6 Å². The number of hydrogen-bond donors (Lipinski definition) is 2. The zero-order valence-electron chi connectivity index (χ0n) is 10.7. The minimum Gasteiger partial charge on any atom is -0.482 e. The molecule has 0 saturated carbocycles. The van der Waals surface area contributed by atoms with Gasteiger partial charge in [0.25, 0.3) is 5.91 Å². The van der Waals surface area contributed by atoms with Crippen molar-refractivity contribution in [1.29, 1.82) is 0 Å². The smallest absolute Gasteiger partial charge is 0.341 e. The molecule has 1 amide bonds. The van der Waals surface area contributed by atoms with E-state index < -0.39 is 12.6 Å². The van der Waals surface area contributed by atoms with Gasteiger partial charge < -0.3 is 15.2 Å². The van der Waals surface area contributed by atoms with Crippen LogP contribution in [0.25, 0.3) is 0 Å². The van der Waals surface area contributed by atoms with E-state index >= 15 is 0 Å². The number of carboxylic acid groups (broad SMARTS) is 1. The van der Waals surface area contributed by atoms with Crippen LogP contribution < -0.4 is 10.1 Å². The fourth-order valence-corrected chi connectivity index (χ4v) is 1.60. The zero-order valence-corrected chi connectivity index (χ0v) is 11.5. The predicted octanol–water partition coefficient (Wildman–Crippen LogP) is 2.45. The summed E-state index contributed by atoms with van der Waals surface area (Å²) in [6.07, 6.45) is 1.39. The van der Waals surface area contributed by atoms with Crippen molar-refractivity contribution in [2.24, 2.45) is 0 Å². The van der Waals surface area contributed by atoms with Gasteiger partial charge in [0.05, 0.1) is 5.02 Å². The van der Waals surface area contributed by atoms with Gasteiger partial charge >= 0.3 is 5.97 Å². The lowest BCUT2D eigenvalue weighted by Crippen LogP contribution is -2.13. The Morgan fingerprint density at radius 1 is 1.19 bits per heavy atom. The van der Waals surface area contributed by atoms with Gasteiger partial charge in [-0.25, -0.2) is 9.78 Å². The first-order valence-electron chi connectivity index (χ1n) is 5.92. The molecule has 21 heavy (non-hydrogen) atoms. The molecule has 108 valence electrons. The van der Waals surface area contributed by atoms with Crippen LogP contribution >= 0.6 is 11.6 Å². The van der Waals surface area contributed by atoms with Crippen molar-refractivity contribution in [3.8, 4) is 5.75 Å². The molecule has 0 radical (unpaired) electrons. The van der Waals surface area contributed by atoms with Crippen LogP contribution in [0, 0.1) is 0 Å². The number of carbonyl (C=O) groups excluding carboxylic acids is 1. The van der Waals surface area contributed by atoms with Gasteiger partial charge in [0.2, 0.25) is 0 Å². The number of halogens is 1. The summed E-state index contributed by atoms with van der Waals surface area (Å²) < 4.78 is 4.99. The van der Waals surface area contributed by atoms with Crippen molar-refractivity contribution in [3.63, 3.8) is 0 Å². The Hall–Kier alpha value is -2.60. The number of nitrogens with one attached hydrogen (secondary N) is 1. The number of benzene rings is 1. The van der Waals surface area contributed by atoms with Gasteiger partial charge in [0, 0.05) is 11.9 Å². The molecule has 2 N–H and O–H groups in total. The van der Waals surface area contributed by atoms with Gasteiger partial charge in [-0.15, -0.1) is 0 Å². The number of aliphatic carboxylic acids is 1. The number of aromatic nitrogens is 1. The maximum absolute atomic E-state index is 11.9. The lowest BCUT2D eigenvalue weighted by molar-refractivity contribution is -0.139. The summed E-state index contributed by atoms with van der Waals surface area (Å²) in [6, 6.07) is 9.42. The second kappa shape index (κ2) is 6.71. The topological polar surface area (TPSA) is 88.5 Å². The van der Waals surface area contributed by atoms with E-state index in [1.807, 2.05) is 0 Å². The van der Waals surface area contributed by atoms with Crippen LogP contribution in [0.15, 0.2) is 42.6 Å². The first kappa shape index (κ1) is 14.8. The Labute approximate surface area is 125 Å². The van der Waals surface area contributed by atoms with E-state index in [0.29, 0.717) is 16.5 Å². The Kier molecular flexibility index (Phi) is 4.73. The van der Waals surface area contributed by atoms with Crippen molar-refractivity contribution in [2.75, 3.05) is 11.9 Å². The van der Waals surface area contributed by atoms with E-state index in [-0.39, 0.29) is 11.6 Å². The number of anilines is 1. The third kappa shape index (κ3) is 4.47. The highest BCUT2D eigenvalue weighted by Gasteiger charge is 2.07. The molecule has 2 aromatic rings. The Morgan fingerprint density at radius 2 is 1.90 bits per heavy atom. The standard InChI is InChI=1S/C14H11ClN2O4/c15-9-1-6-12(16-7-9)14(20)17-10-2-4-11(5-3-10)21-8-13(18)19/h1-7H,8H2,(H,17,20)(H,18,19). The van der Waals surface area contributed by atoms with Gasteiger partial charge in [-0.2, -0.15) is 0 Å². The van der Waals surface area contributed by atoms with E-state index in [1.54, 1.807) is 30.3 Å². The molecular formula is C14H11ClN2O4. The van der Waals surface area contributed by atoms with Crippen molar-refractivity contribution < 1.29 is 19.4 Å². The van der Waals surface area contributed by atoms with Crippen molar-refractivity contribution in [2.45, 2.75) is 0 Å². The number of amides is 1. The molecular weight excluding hydrogens is 296 g/mol. The third-order valence-corrected chi connectivity index (χ3v) is 2.66. The number of pyridine rings is 1. The molecule has 0 saturated heterocycles. The predicted molar refractivity (Wildman–Crippen MR) is 76.8 cm³/mol. The molecule has 1 heterocycles. The van der Waals surface area contributed by atoms with E-state index in [9.17, 15) is 9.59 Å². The lowest BCUT2D eigenvalue weighted by atomic mass is 10.3. The molecule has 2 rings (SSSR count). The van der Waals surface area contributed by atoms with Gasteiger partial charge in [0.15, 0.2) is 6.61 Å². The van der Waals surface area contributed by atoms with E-state index in [4.69, 9.17) is 21.4 Å². The number of hydrogen-bond acceptors (Lipinski definition) is 4. The van der Waals surface area contributed by atoms with Gasteiger partial charge in [-0.3, -0.25) is 4.79 Å². The Balaban J connectivity index is 1.98. The summed E-state index contributed by atoms with van der Waals surface area (Å²) in [5.41, 5.74) is 0.782. The van der Waals surface area contributed by atoms with Crippen LogP contribution in [0.4, 0.5) is 5.69 Å². The maximum Gasteiger partial charge on any atom is 0.341 e. The first-order chi connectivity index (χ1) is 10.0. The highest BCUT2D eigenvalue weighted by atomic mass is 35.5. The molecule has 6 nitrogen and oxygen atoms in total. The summed E-state index contributed by atoms with van der Waals surface area (Å²) in [7, 11) is 0. The normalized spacial score (nSPS) is 9.95. The van der Waals surface area contributed by atoms with Crippen molar-refractivity contribution >= 4 is 29.2 Å². The van der Waals surface area contributed by atoms with Crippen LogP contribution in [0.5, 0.6) is 5.75 Å². The maximum atomic E-state index is 11.9. The van der Waals surface area contributed by atoms with Gasteiger partial charge in [-0.05, 0) is 36.4 Å². The number of nitrogens with zero attached hydrogens (tertiary/aromatic N) is 1. The SMILES string of the molecule is O=C(O)COc1ccc(NC(=O)c2ccc(Cl)cn2)cc1. The molecule has 1 aromatic carbocycles. The second-order valence-corrected chi connectivity index (χ2v) is 4.46. The lowest BCUT2D eigenvalue weighted by Gasteiger charge is -2.06. The largest absolute Gasteiger partial charge is 0.482 e.